The van der Waals surface area contributed by atoms with Crippen molar-refractivity contribution in [3.05, 3.63) is 78.1 Å². The van der Waals surface area contributed by atoms with Crippen LogP contribution in [-0.2, 0) is 39.3 Å². The first-order valence-corrected chi connectivity index (χ1v) is 22.7. The van der Waals surface area contributed by atoms with Gasteiger partial charge in [0.15, 0.2) is 22.6 Å². The summed E-state index contributed by atoms with van der Waals surface area (Å²) in [5.41, 5.74) is 4.03. The zero-order valence-electron chi connectivity index (χ0n) is 35.4. The van der Waals surface area contributed by atoms with E-state index in [1.165, 1.54) is 61.6 Å². The SMILES string of the molecule is C#CC1(CO[P@@](=O)(NC(Cc2cc(F)cc(F)c2)C(=O)OC(C)C)Oc2ccccc2)OC(n2cnc3c(N)nc(F)nc32)CC1OC(=O)CCCCCCCCCCCCC. The Kier molecular flexibility index (Phi) is 17.7. The number of anilines is 1. The zero-order chi connectivity index (χ0) is 44.7. The summed E-state index contributed by atoms with van der Waals surface area (Å²) in [6.07, 6.45) is 15.0. The van der Waals surface area contributed by atoms with Crippen LogP contribution in [0.2, 0.25) is 0 Å². The quantitative estimate of drug-likeness (QED) is 0.0212. The summed E-state index contributed by atoms with van der Waals surface area (Å²) in [6.45, 7) is 4.63. The summed E-state index contributed by atoms with van der Waals surface area (Å²) >= 11 is 0. The topological polar surface area (TPSA) is 179 Å². The molecule has 336 valence electrons. The summed E-state index contributed by atoms with van der Waals surface area (Å²) in [5.74, 6) is -0.926. The Morgan fingerprint density at radius 3 is 2.27 bits per heavy atom. The molecular formula is C44H56F3N6O8P. The number of hydrogen-bond donors (Lipinski definition) is 2. The molecule has 18 heteroatoms. The van der Waals surface area contributed by atoms with Crippen LogP contribution >= 0.6 is 7.75 Å². The lowest BCUT2D eigenvalue weighted by Crippen LogP contribution is -2.46. The number of nitrogens with two attached hydrogens (primary N) is 1. The molecule has 62 heavy (non-hydrogen) atoms. The van der Waals surface area contributed by atoms with Crippen molar-refractivity contribution in [1.82, 2.24) is 24.6 Å². The average Bonchev–Trinajstić information content (AvgIpc) is 3.80. The molecule has 0 bridgehead atoms. The van der Waals surface area contributed by atoms with Crippen molar-refractivity contribution in [3.8, 4) is 18.1 Å². The Morgan fingerprint density at radius 1 is 1.00 bits per heavy atom. The number of esters is 2. The molecule has 1 saturated heterocycles. The van der Waals surface area contributed by atoms with Gasteiger partial charge in [-0.2, -0.15) is 19.4 Å². The number of carbonyl (C=O) groups excluding carboxylic acids is 2. The highest BCUT2D eigenvalue weighted by Gasteiger charge is 2.53. The van der Waals surface area contributed by atoms with E-state index in [9.17, 15) is 27.3 Å². The molecule has 0 aliphatic carbocycles. The highest BCUT2D eigenvalue weighted by Crippen LogP contribution is 2.49. The molecule has 0 radical (unpaired) electrons. The molecule has 1 aliphatic heterocycles. The number of unbranched alkanes of at least 4 members (excludes halogenated alkanes) is 10. The number of nitrogens with one attached hydrogen (secondary N) is 1. The molecule has 2 aromatic heterocycles. The molecule has 0 amide bonds. The number of nitrogens with zero attached hydrogens (tertiary/aromatic N) is 4. The van der Waals surface area contributed by atoms with Gasteiger partial charge in [-0.25, -0.2) is 18.3 Å². The summed E-state index contributed by atoms with van der Waals surface area (Å²) in [4.78, 5) is 38.5. The molecule has 0 spiro atoms. The molecule has 0 saturated carbocycles. The molecule has 3 N–H and O–H groups in total. The van der Waals surface area contributed by atoms with Gasteiger partial charge < -0.3 is 24.5 Å². The summed E-state index contributed by atoms with van der Waals surface area (Å²) in [6, 6.07) is 9.03. The van der Waals surface area contributed by atoms with E-state index in [4.69, 9.17) is 35.4 Å². The standard InChI is InChI=1S/C44H56F3N6O8P/c1-5-7-8-9-10-11-12-13-14-15-19-22-38(54)59-36-27-37(53-29-49-39-40(48)50-43(47)51-41(39)53)60-44(36,6-2)28-57-62(56,61-34-20-17-16-18-21-34)52-35(42(55)58-30(3)4)25-31-23-32(45)26-33(46)24-31/h2,16-18,20-21,23-24,26,29-30,35-37H,5,7-15,19,22,25,27-28H2,1,3-4H3,(H,52,56)(H2,48,50,51)/t35?,36?,37?,44?,62-/m0/s1. The van der Waals surface area contributed by atoms with Gasteiger partial charge in [-0.1, -0.05) is 95.3 Å². The Morgan fingerprint density at radius 2 is 1.65 bits per heavy atom. The minimum Gasteiger partial charge on any atom is -0.462 e. The number of ether oxygens (including phenoxy) is 3. The largest absolute Gasteiger partial charge is 0.462 e. The predicted molar refractivity (Wildman–Crippen MR) is 226 cm³/mol. The van der Waals surface area contributed by atoms with Gasteiger partial charge in [0.25, 0.3) is 0 Å². The number of para-hydroxylation sites is 1. The summed E-state index contributed by atoms with van der Waals surface area (Å²) in [5, 5.41) is 2.60. The van der Waals surface area contributed by atoms with E-state index in [0.29, 0.717) is 12.5 Å². The first-order valence-electron chi connectivity index (χ1n) is 21.2. The average molecular weight is 885 g/mol. The number of benzene rings is 2. The van der Waals surface area contributed by atoms with Gasteiger partial charge in [0.05, 0.1) is 12.4 Å². The number of imidazole rings is 1. The number of hydrogen-bond acceptors (Lipinski definition) is 12. The number of aromatic nitrogens is 4. The van der Waals surface area contributed by atoms with Crippen LogP contribution in [0.25, 0.3) is 11.2 Å². The van der Waals surface area contributed by atoms with E-state index in [1.807, 2.05) is 0 Å². The number of fused-ring (bicyclic) bond motifs is 1. The van der Waals surface area contributed by atoms with Crippen LogP contribution in [0, 0.1) is 30.1 Å². The molecule has 4 unspecified atom stereocenters. The van der Waals surface area contributed by atoms with Crippen LogP contribution in [0.3, 0.4) is 0 Å². The van der Waals surface area contributed by atoms with Gasteiger partial charge in [-0.05, 0) is 56.5 Å². The fraction of sp³-hybridized carbons (Fsp3) is 0.523. The van der Waals surface area contributed by atoms with Crippen molar-refractivity contribution < 1.29 is 50.6 Å². The molecule has 3 heterocycles. The van der Waals surface area contributed by atoms with Gasteiger partial charge >= 0.3 is 25.8 Å². The van der Waals surface area contributed by atoms with Crippen molar-refractivity contribution in [1.29, 1.82) is 0 Å². The maximum atomic E-state index is 14.9. The highest BCUT2D eigenvalue weighted by atomic mass is 31.2. The second kappa shape index (κ2) is 22.9. The Bertz CT molecular complexity index is 2170. The van der Waals surface area contributed by atoms with Crippen molar-refractivity contribution in [2.45, 2.75) is 141 Å². The highest BCUT2D eigenvalue weighted by molar-refractivity contribution is 7.52. The van der Waals surface area contributed by atoms with Crippen LogP contribution < -0.4 is 15.3 Å². The van der Waals surface area contributed by atoms with Gasteiger partial charge in [0, 0.05) is 18.9 Å². The van der Waals surface area contributed by atoms with Crippen LogP contribution in [-0.4, -0.2) is 61.9 Å². The maximum Gasteiger partial charge on any atom is 0.459 e. The number of nitrogen functional groups attached to an aromatic ring is 1. The van der Waals surface area contributed by atoms with E-state index in [2.05, 4.69) is 32.9 Å². The molecule has 1 aliphatic rings. The second-order valence-electron chi connectivity index (χ2n) is 15.6. The Labute approximate surface area is 360 Å². The van der Waals surface area contributed by atoms with Crippen LogP contribution in [0.15, 0.2) is 54.9 Å². The van der Waals surface area contributed by atoms with E-state index < -0.39 is 80.5 Å². The lowest BCUT2D eigenvalue weighted by Gasteiger charge is -2.31. The Balaban J connectivity index is 1.38. The molecule has 5 rings (SSSR count). The first-order chi connectivity index (χ1) is 29.7. The third kappa shape index (κ3) is 13.7. The van der Waals surface area contributed by atoms with Crippen molar-refractivity contribution >= 4 is 36.7 Å². The molecule has 4 aromatic rings. The van der Waals surface area contributed by atoms with E-state index in [1.54, 1.807) is 32.0 Å². The first kappa shape index (κ1) is 48.0. The van der Waals surface area contributed by atoms with Crippen LogP contribution in [0.5, 0.6) is 5.75 Å². The van der Waals surface area contributed by atoms with Crippen molar-refractivity contribution in [2.75, 3.05) is 12.3 Å². The third-order valence-electron chi connectivity index (χ3n) is 10.2. The predicted octanol–water partition coefficient (Wildman–Crippen LogP) is 9.09. The Hall–Kier alpha value is -5.01. The number of halogens is 3. The van der Waals surface area contributed by atoms with Gasteiger partial charge in [-0.15, -0.1) is 6.42 Å². The normalized spacial score (nSPS) is 18.9. The minimum absolute atomic E-state index is 0.0279. The molecule has 5 atom stereocenters. The lowest BCUT2D eigenvalue weighted by molar-refractivity contribution is -0.158. The van der Waals surface area contributed by atoms with Gasteiger partial charge in [-0.3, -0.25) is 18.7 Å². The van der Waals surface area contributed by atoms with E-state index >= 15 is 0 Å². The number of carbonyl (C=O) groups is 2. The van der Waals surface area contributed by atoms with Gasteiger partial charge in [0.2, 0.25) is 0 Å². The van der Waals surface area contributed by atoms with Crippen LogP contribution in [0.1, 0.15) is 116 Å². The van der Waals surface area contributed by atoms with Crippen molar-refractivity contribution in [3.63, 3.8) is 0 Å². The summed E-state index contributed by atoms with van der Waals surface area (Å²) < 4.78 is 89.0. The molecule has 1 fully saturated rings. The molecular weight excluding hydrogens is 828 g/mol. The zero-order valence-corrected chi connectivity index (χ0v) is 36.3. The second-order valence-corrected chi connectivity index (χ2v) is 17.3. The van der Waals surface area contributed by atoms with Gasteiger partial charge in [0.1, 0.15) is 42.4 Å². The monoisotopic (exact) mass is 884 g/mol. The van der Waals surface area contributed by atoms with E-state index in [0.717, 1.165) is 37.8 Å². The fourth-order valence-electron chi connectivity index (χ4n) is 7.16. The maximum absolute atomic E-state index is 14.9. The summed E-state index contributed by atoms with van der Waals surface area (Å²) in [7, 11) is -4.76. The molecule has 14 nitrogen and oxygen atoms in total. The molecule has 2 aromatic carbocycles. The lowest BCUT2D eigenvalue weighted by atomic mass is 9.98. The van der Waals surface area contributed by atoms with E-state index in [-0.39, 0.29) is 41.1 Å². The van der Waals surface area contributed by atoms with Crippen molar-refractivity contribution in [2.24, 2.45) is 0 Å². The minimum atomic E-state index is -4.76. The number of terminal acetylenes is 1. The smallest absolute Gasteiger partial charge is 0.459 e. The third-order valence-corrected chi connectivity index (χ3v) is 11.8. The number of rotatable bonds is 25. The fourth-order valence-corrected chi connectivity index (χ4v) is 8.68. The van der Waals surface area contributed by atoms with Crippen LogP contribution in [0.4, 0.5) is 19.0 Å².